The van der Waals surface area contributed by atoms with Gasteiger partial charge in [-0.25, -0.2) is 4.98 Å². The summed E-state index contributed by atoms with van der Waals surface area (Å²) in [7, 11) is 0. The van der Waals surface area contributed by atoms with Crippen molar-refractivity contribution in [2.24, 2.45) is 5.41 Å². The Kier molecular flexibility index (Phi) is 5.58. The Morgan fingerprint density at radius 3 is 2.43 bits per heavy atom. The van der Waals surface area contributed by atoms with Crippen molar-refractivity contribution in [3.63, 3.8) is 0 Å². The quantitative estimate of drug-likeness (QED) is 0.892. The summed E-state index contributed by atoms with van der Waals surface area (Å²) in [5, 5.41) is 5.31. The van der Waals surface area contributed by atoms with E-state index in [2.05, 4.69) is 20.5 Å². The number of rotatable bonds is 4. The van der Waals surface area contributed by atoms with Gasteiger partial charge in [0.2, 0.25) is 11.8 Å². The molecule has 1 fully saturated rings. The van der Waals surface area contributed by atoms with Gasteiger partial charge in [0.05, 0.1) is 18.4 Å². The molecular weight excluding hydrogens is 292 g/mol. The SMILES string of the molecule is CC(C)(C)C(=O)NCC(=O)Nc1ccc(N2CCCCC2)cn1. The van der Waals surface area contributed by atoms with Gasteiger partial charge in [0.25, 0.3) is 0 Å². The Morgan fingerprint density at radius 2 is 1.87 bits per heavy atom. The van der Waals surface area contributed by atoms with E-state index in [4.69, 9.17) is 0 Å². The lowest BCUT2D eigenvalue weighted by Crippen LogP contribution is -2.39. The Morgan fingerprint density at radius 1 is 1.17 bits per heavy atom. The molecule has 0 aliphatic carbocycles. The van der Waals surface area contributed by atoms with E-state index in [9.17, 15) is 9.59 Å². The predicted molar refractivity (Wildman–Crippen MR) is 91.4 cm³/mol. The van der Waals surface area contributed by atoms with Crippen LogP contribution in [0.15, 0.2) is 18.3 Å². The van der Waals surface area contributed by atoms with Crippen LogP contribution in [-0.4, -0.2) is 36.4 Å². The molecule has 0 aromatic carbocycles. The molecule has 6 nitrogen and oxygen atoms in total. The van der Waals surface area contributed by atoms with E-state index < -0.39 is 5.41 Å². The smallest absolute Gasteiger partial charge is 0.244 e. The summed E-state index contributed by atoms with van der Waals surface area (Å²) in [4.78, 5) is 30.2. The zero-order chi connectivity index (χ0) is 16.9. The molecule has 0 radical (unpaired) electrons. The van der Waals surface area contributed by atoms with Crippen LogP contribution in [0.2, 0.25) is 0 Å². The largest absolute Gasteiger partial charge is 0.370 e. The van der Waals surface area contributed by atoms with Crippen molar-refractivity contribution in [3.05, 3.63) is 18.3 Å². The molecule has 0 bridgehead atoms. The van der Waals surface area contributed by atoms with Gasteiger partial charge in [-0.2, -0.15) is 0 Å². The monoisotopic (exact) mass is 318 g/mol. The average molecular weight is 318 g/mol. The highest BCUT2D eigenvalue weighted by Gasteiger charge is 2.21. The third-order valence-electron chi connectivity index (χ3n) is 3.83. The fraction of sp³-hybridized carbons (Fsp3) is 0.588. The Bertz CT molecular complexity index is 543. The maximum Gasteiger partial charge on any atom is 0.244 e. The molecule has 23 heavy (non-hydrogen) atoms. The number of pyridine rings is 1. The first kappa shape index (κ1) is 17.2. The molecule has 6 heteroatoms. The second kappa shape index (κ2) is 7.44. The second-order valence-corrected chi connectivity index (χ2v) is 6.93. The van der Waals surface area contributed by atoms with Crippen molar-refractivity contribution in [1.29, 1.82) is 0 Å². The summed E-state index contributed by atoms with van der Waals surface area (Å²) in [6.07, 6.45) is 5.50. The standard InChI is InChI=1S/C17H26N4O2/c1-17(2,3)16(23)19-12-15(22)20-14-8-7-13(11-18-14)21-9-5-4-6-10-21/h7-8,11H,4-6,9-10,12H2,1-3H3,(H,19,23)(H,18,20,22). The number of hydrogen-bond donors (Lipinski definition) is 2. The van der Waals surface area contributed by atoms with Crippen molar-refractivity contribution < 1.29 is 9.59 Å². The molecule has 0 unspecified atom stereocenters. The van der Waals surface area contributed by atoms with E-state index in [0.29, 0.717) is 5.82 Å². The van der Waals surface area contributed by atoms with Crippen LogP contribution in [0.1, 0.15) is 40.0 Å². The van der Waals surface area contributed by atoms with Crippen LogP contribution in [0.25, 0.3) is 0 Å². The van der Waals surface area contributed by atoms with Gasteiger partial charge in [-0.05, 0) is 31.4 Å². The van der Waals surface area contributed by atoms with Gasteiger partial charge in [-0.1, -0.05) is 20.8 Å². The molecule has 1 aromatic heterocycles. The molecule has 2 amide bonds. The number of nitrogens with zero attached hydrogens (tertiary/aromatic N) is 2. The summed E-state index contributed by atoms with van der Waals surface area (Å²) in [6, 6.07) is 3.77. The second-order valence-electron chi connectivity index (χ2n) is 6.93. The highest BCUT2D eigenvalue weighted by atomic mass is 16.2. The van der Waals surface area contributed by atoms with Crippen LogP contribution in [0.5, 0.6) is 0 Å². The van der Waals surface area contributed by atoms with E-state index >= 15 is 0 Å². The molecule has 1 aliphatic rings. The molecule has 0 saturated carbocycles. The number of amides is 2. The maximum atomic E-state index is 11.9. The highest BCUT2D eigenvalue weighted by Crippen LogP contribution is 2.19. The van der Waals surface area contributed by atoms with E-state index in [1.54, 1.807) is 33.0 Å². The molecule has 1 aliphatic heterocycles. The minimum atomic E-state index is -0.505. The molecule has 0 spiro atoms. The molecule has 126 valence electrons. The first-order valence-electron chi connectivity index (χ1n) is 8.15. The Hall–Kier alpha value is -2.11. The number of piperidine rings is 1. The number of carbonyl (C=O) groups excluding carboxylic acids is 2. The van der Waals surface area contributed by atoms with Crippen molar-refractivity contribution in [3.8, 4) is 0 Å². The minimum Gasteiger partial charge on any atom is -0.370 e. The van der Waals surface area contributed by atoms with E-state index in [-0.39, 0.29) is 18.4 Å². The maximum absolute atomic E-state index is 11.9. The fourth-order valence-corrected chi connectivity index (χ4v) is 2.41. The Labute approximate surface area is 137 Å². The van der Waals surface area contributed by atoms with Crippen LogP contribution >= 0.6 is 0 Å². The van der Waals surface area contributed by atoms with Crippen LogP contribution in [0.4, 0.5) is 11.5 Å². The number of anilines is 2. The zero-order valence-electron chi connectivity index (χ0n) is 14.2. The molecule has 1 saturated heterocycles. The van der Waals surface area contributed by atoms with Crippen molar-refractivity contribution in [1.82, 2.24) is 10.3 Å². The first-order chi connectivity index (χ1) is 10.9. The summed E-state index contributed by atoms with van der Waals surface area (Å²) in [5.74, 6) is 0.0719. The van der Waals surface area contributed by atoms with Crippen LogP contribution in [0.3, 0.4) is 0 Å². The highest BCUT2D eigenvalue weighted by molar-refractivity contribution is 5.94. The average Bonchev–Trinajstić information content (AvgIpc) is 2.53. The van der Waals surface area contributed by atoms with Gasteiger partial charge in [0.1, 0.15) is 5.82 Å². The summed E-state index contributed by atoms with van der Waals surface area (Å²) < 4.78 is 0. The lowest BCUT2D eigenvalue weighted by Gasteiger charge is -2.28. The van der Waals surface area contributed by atoms with Gasteiger partial charge in [0, 0.05) is 18.5 Å². The molecule has 0 atom stereocenters. The number of nitrogens with one attached hydrogen (secondary N) is 2. The Balaban J connectivity index is 1.83. The zero-order valence-corrected chi connectivity index (χ0v) is 14.2. The topological polar surface area (TPSA) is 74.3 Å². The van der Waals surface area contributed by atoms with Gasteiger partial charge >= 0.3 is 0 Å². The minimum absolute atomic E-state index is 0.0499. The van der Waals surface area contributed by atoms with Gasteiger partial charge in [0.15, 0.2) is 0 Å². The third kappa shape index (κ3) is 5.23. The van der Waals surface area contributed by atoms with Crippen LogP contribution in [-0.2, 0) is 9.59 Å². The predicted octanol–water partition coefficient (Wildman–Crippen LogP) is 2.17. The molecule has 2 heterocycles. The fourth-order valence-electron chi connectivity index (χ4n) is 2.41. The van der Waals surface area contributed by atoms with Crippen LogP contribution < -0.4 is 15.5 Å². The lowest BCUT2D eigenvalue weighted by atomic mass is 9.96. The third-order valence-corrected chi connectivity index (χ3v) is 3.83. The van der Waals surface area contributed by atoms with E-state index in [1.165, 1.54) is 19.3 Å². The summed E-state index contributed by atoms with van der Waals surface area (Å²) in [5.41, 5.74) is 0.581. The lowest BCUT2D eigenvalue weighted by molar-refractivity contribution is -0.130. The number of carbonyl (C=O) groups is 2. The number of aromatic nitrogens is 1. The molecule has 2 rings (SSSR count). The number of hydrogen-bond acceptors (Lipinski definition) is 4. The van der Waals surface area contributed by atoms with Gasteiger partial charge in [-0.3, -0.25) is 9.59 Å². The van der Waals surface area contributed by atoms with E-state index in [1.807, 2.05) is 6.07 Å². The van der Waals surface area contributed by atoms with Crippen molar-refractivity contribution in [2.45, 2.75) is 40.0 Å². The normalized spacial score (nSPS) is 15.2. The summed E-state index contributed by atoms with van der Waals surface area (Å²) >= 11 is 0. The van der Waals surface area contributed by atoms with Crippen LogP contribution in [0, 0.1) is 5.41 Å². The molecular formula is C17H26N4O2. The summed E-state index contributed by atoms with van der Waals surface area (Å²) in [6.45, 7) is 7.49. The van der Waals surface area contributed by atoms with E-state index in [0.717, 1.165) is 18.8 Å². The van der Waals surface area contributed by atoms with Crippen molar-refractivity contribution in [2.75, 3.05) is 29.9 Å². The van der Waals surface area contributed by atoms with Crippen molar-refractivity contribution >= 4 is 23.3 Å². The van der Waals surface area contributed by atoms with Gasteiger partial charge < -0.3 is 15.5 Å². The van der Waals surface area contributed by atoms with Gasteiger partial charge in [-0.15, -0.1) is 0 Å². The molecule has 2 N–H and O–H groups in total. The molecule has 1 aromatic rings. The first-order valence-corrected chi connectivity index (χ1v) is 8.15.